The first kappa shape index (κ1) is 22.5. The van der Waals surface area contributed by atoms with Crippen molar-refractivity contribution in [2.45, 2.75) is 36.8 Å². The van der Waals surface area contributed by atoms with Crippen molar-refractivity contribution in [1.29, 1.82) is 0 Å². The van der Waals surface area contributed by atoms with E-state index in [0.29, 0.717) is 36.9 Å². The van der Waals surface area contributed by atoms with E-state index in [1.807, 2.05) is 18.2 Å². The van der Waals surface area contributed by atoms with Gasteiger partial charge in [-0.1, -0.05) is 12.6 Å². The van der Waals surface area contributed by atoms with Gasteiger partial charge in [-0.2, -0.15) is 25.3 Å². The summed E-state index contributed by atoms with van der Waals surface area (Å²) in [5.41, 5.74) is 13.5. The summed E-state index contributed by atoms with van der Waals surface area (Å²) < 4.78 is 5.67. The molecule has 0 aromatic heterocycles. The summed E-state index contributed by atoms with van der Waals surface area (Å²) in [5.74, 6) is 2.35. The molecule has 6 nitrogen and oxygen atoms in total. The minimum absolute atomic E-state index is 0.161. The van der Waals surface area contributed by atoms with Gasteiger partial charge >= 0.3 is 0 Å². The monoisotopic (exact) mass is 398 g/mol. The highest BCUT2D eigenvalue weighted by Gasteiger charge is 2.12. The van der Waals surface area contributed by atoms with Gasteiger partial charge in [-0.25, -0.2) is 0 Å². The first-order valence-electron chi connectivity index (χ1n) is 8.65. The lowest BCUT2D eigenvalue weighted by Gasteiger charge is -2.14. The third-order valence-corrected chi connectivity index (χ3v) is 4.50. The van der Waals surface area contributed by atoms with Gasteiger partial charge in [0.25, 0.3) is 0 Å². The maximum Gasteiger partial charge on any atom is 0.237 e. The van der Waals surface area contributed by atoms with Crippen molar-refractivity contribution in [2.75, 3.05) is 19.7 Å². The molecular formula is C18H30N4O2S2. The molecule has 0 saturated carbocycles. The molecule has 0 spiro atoms. The van der Waals surface area contributed by atoms with Gasteiger partial charge in [-0.15, -0.1) is 0 Å². The average Bonchev–Trinajstić information content (AvgIpc) is 2.63. The summed E-state index contributed by atoms with van der Waals surface area (Å²) in [7, 11) is 0. The van der Waals surface area contributed by atoms with Gasteiger partial charge in [0.1, 0.15) is 12.4 Å². The molecule has 1 rings (SSSR count). The number of hydrogen-bond acceptors (Lipinski definition) is 7. The summed E-state index contributed by atoms with van der Waals surface area (Å²) >= 11 is 8.61. The van der Waals surface area contributed by atoms with Crippen LogP contribution >= 0.6 is 25.3 Å². The molecule has 6 N–H and O–H groups in total. The molecule has 0 fully saturated rings. The van der Waals surface area contributed by atoms with E-state index in [4.69, 9.17) is 16.2 Å². The van der Waals surface area contributed by atoms with Gasteiger partial charge < -0.3 is 26.8 Å². The Morgan fingerprint density at radius 1 is 1.15 bits per heavy atom. The van der Waals surface area contributed by atoms with Crippen LogP contribution < -0.4 is 26.8 Å². The molecule has 1 unspecified atom stereocenters. The number of carbonyl (C=O) groups excluding carboxylic acids is 1. The van der Waals surface area contributed by atoms with Crippen LogP contribution in [0.5, 0.6) is 5.75 Å². The Balaban J connectivity index is 2.22. The average molecular weight is 399 g/mol. The second-order valence-electron chi connectivity index (χ2n) is 5.94. The highest BCUT2D eigenvalue weighted by Crippen LogP contribution is 2.20. The molecule has 8 heteroatoms. The smallest absolute Gasteiger partial charge is 0.237 e. The summed E-state index contributed by atoms with van der Waals surface area (Å²) in [4.78, 5) is 12.0. The maximum atomic E-state index is 12.0. The van der Waals surface area contributed by atoms with Gasteiger partial charge in [0.15, 0.2) is 0 Å². The van der Waals surface area contributed by atoms with E-state index in [1.165, 1.54) is 0 Å². The van der Waals surface area contributed by atoms with Crippen molar-refractivity contribution in [3.63, 3.8) is 0 Å². The van der Waals surface area contributed by atoms with Gasteiger partial charge in [-0.05, 0) is 42.5 Å². The first-order chi connectivity index (χ1) is 12.5. The van der Waals surface area contributed by atoms with Gasteiger partial charge in [0.2, 0.25) is 5.91 Å². The Hall–Kier alpha value is -1.51. The molecule has 0 heterocycles. The third-order valence-electron chi connectivity index (χ3n) is 3.82. The van der Waals surface area contributed by atoms with Crippen LogP contribution in [0, 0.1) is 0 Å². The van der Waals surface area contributed by atoms with Crippen molar-refractivity contribution >= 4 is 31.2 Å². The highest BCUT2D eigenvalue weighted by molar-refractivity contribution is 7.79. The van der Waals surface area contributed by atoms with E-state index in [9.17, 15) is 4.79 Å². The molecule has 146 valence electrons. The molecule has 1 amide bonds. The lowest BCUT2D eigenvalue weighted by molar-refractivity contribution is -0.122. The minimum Gasteiger partial charge on any atom is -0.492 e. The number of hydrogen-bond donors (Lipinski definition) is 6. The van der Waals surface area contributed by atoms with Crippen LogP contribution in [-0.4, -0.2) is 31.6 Å². The van der Waals surface area contributed by atoms with E-state index in [-0.39, 0.29) is 5.91 Å². The number of thiol groups is 2. The van der Waals surface area contributed by atoms with E-state index in [0.717, 1.165) is 36.3 Å². The van der Waals surface area contributed by atoms with Crippen LogP contribution in [0.3, 0.4) is 0 Å². The third kappa shape index (κ3) is 8.73. The van der Waals surface area contributed by atoms with Crippen LogP contribution in [0.2, 0.25) is 0 Å². The van der Waals surface area contributed by atoms with Crippen molar-refractivity contribution in [2.24, 2.45) is 11.5 Å². The lowest BCUT2D eigenvalue weighted by Crippen LogP contribution is -2.42. The van der Waals surface area contributed by atoms with Crippen LogP contribution in [0.1, 0.15) is 30.4 Å². The van der Waals surface area contributed by atoms with Crippen LogP contribution in [0.15, 0.2) is 30.6 Å². The van der Waals surface area contributed by atoms with Crippen molar-refractivity contribution in [3.8, 4) is 5.75 Å². The predicted molar refractivity (Wildman–Crippen MR) is 113 cm³/mol. The van der Waals surface area contributed by atoms with E-state index >= 15 is 0 Å². The van der Waals surface area contributed by atoms with E-state index in [2.05, 4.69) is 42.5 Å². The van der Waals surface area contributed by atoms with E-state index in [1.54, 1.807) is 0 Å². The zero-order valence-corrected chi connectivity index (χ0v) is 16.8. The number of ether oxygens (including phenoxy) is 1. The normalized spacial score (nSPS) is 11.7. The molecule has 0 saturated heterocycles. The molecule has 0 bridgehead atoms. The zero-order chi connectivity index (χ0) is 19.4. The van der Waals surface area contributed by atoms with Crippen LogP contribution in [0.4, 0.5) is 0 Å². The summed E-state index contributed by atoms with van der Waals surface area (Å²) in [6.45, 7) is 5.08. The largest absolute Gasteiger partial charge is 0.492 e. The van der Waals surface area contributed by atoms with Crippen molar-refractivity contribution < 1.29 is 9.53 Å². The number of rotatable bonds is 13. The maximum absolute atomic E-state index is 12.0. The zero-order valence-electron chi connectivity index (χ0n) is 15.0. The Kier molecular flexibility index (Phi) is 11.1. The number of benzene rings is 1. The fourth-order valence-corrected chi connectivity index (χ4v) is 2.94. The fourth-order valence-electron chi connectivity index (χ4n) is 2.34. The lowest BCUT2D eigenvalue weighted by atomic mass is 10.1. The first-order valence-corrected chi connectivity index (χ1v) is 9.92. The minimum atomic E-state index is -0.512. The molecule has 1 aromatic carbocycles. The number of unbranched alkanes of at least 4 members (excludes halogenated alkanes) is 1. The topological polar surface area (TPSA) is 102 Å². The number of nitrogens with one attached hydrogen (secondary N) is 2. The quantitative estimate of drug-likeness (QED) is 0.224. The Morgan fingerprint density at radius 2 is 1.88 bits per heavy atom. The SMILES string of the molecule is C=C(N)NCCCCC(N)C(=O)NCCOc1ccc(CS)c(CS)c1. The van der Waals surface area contributed by atoms with Crippen LogP contribution in [-0.2, 0) is 16.3 Å². The fraction of sp³-hybridized carbons (Fsp3) is 0.500. The molecule has 1 aromatic rings. The molecule has 0 aliphatic heterocycles. The van der Waals surface area contributed by atoms with Crippen molar-refractivity contribution in [3.05, 3.63) is 41.7 Å². The summed E-state index contributed by atoms with van der Waals surface area (Å²) in [6, 6.07) is 5.32. The molecule has 26 heavy (non-hydrogen) atoms. The van der Waals surface area contributed by atoms with Crippen LogP contribution in [0.25, 0.3) is 0 Å². The van der Waals surface area contributed by atoms with Crippen molar-refractivity contribution in [1.82, 2.24) is 10.6 Å². The highest BCUT2D eigenvalue weighted by atomic mass is 32.1. The molecule has 0 radical (unpaired) electrons. The number of nitrogens with two attached hydrogens (primary N) is 2. The van der Waals surface area contributed by atoms with Gasteiger partial charge in [0.05, 0.1) is 18.4 Å². The number of amides is 1. The van der Waals surface area contributed by atoms with Gasteiger partial charge in [-0.3, -0.25) is 4.79 Å². The Labute approximate surface area is 166 Å². The molecule has 0 aliphatic rings. The molecule has 0 aliphatic carbocycles. The number of carbonyl (C=O) groups is 1. The molecule has 1 atom stereocenters. The molecular weight excluding hydrogens is 368 g/mol. The summed E-state index contributed by atoms with van der Waals surface area (Å²) in [5, 5.41) is 5.73. The van der Waals surface area contributed by atoms with E-state index < -0.39 is 6.04 Å². The van der Waals surface area contributed by atoms with Gasteiger partial charge in [0, 0.05) is 18.1 Å². The summed E-state index contributed by atoms with van der Waals surface area (Å²) in [6.07, 6.45) is 2.35. The Bertz CT molecular complexity index is 584. The standard InChI is InChI=1S/C18H30N4O2S2/c1-13(19)21-7-3-2-4-17(20)18(23)22-8-9-24-16-6-5-14(11-25)15(10-16)12-26/h5-6,10,17,21,25-26H,1-4,7-9,11-12,19-20H2,(H,22,23). The predicted octanol–water partition coefficient (Wildman–Crippen LogP) is 1.56. The second-order valence-corrected chi connectivity index (χ2v) is 6.57. The second kappa shape index (κ2) is 12.8. The Morgan fingerprint density at radius 3 is 2.54 bits per heavy atom.